The molecule has 1 atom stereocenters. The molecule has 0 saturated heterocycles. The molecule has 1 aliphatic rings. The van der Waals surface area contributed by atoms with Crippen LogP contribution in [0.4, 0.5) is 0 Å². The Balaban J connectivity index is 1.90. The Kier molecular flexibility index (Phi) is 7.27. The van der Waals surface area contributed by atoms with Gasteiger partial charge in [-0.3, -0.25) is 14.3 Å². The molecule has 0 spiro atoms. The lowest BCUT2D eigenvalue weighted by atomic mass is 10.2. The topological polar surface area (TPSA) is 93.6 Å². The first-order chi connectivity index (χ1) is 11.7. The number of H-pyrrole nitrogens is 1. The molecular weight excluding hydrogens is 312 g/mol. The van der Waals surface area contributed by atoms with Crippen LogP contribution in [0, 0.1) is 0 Å². The molecule has 1 aromatic heterocycles. The minimum Gasteiger partial charge on any atom is -0.472 e. The summed E-state index contributed by atoms with van der Waals surface area (Å²) in [4.78, 5) is 26.1. The molecule has 2 N–H and O–H groups in total. The van der Waals surface area contributed by atoms with Crippen molar-refractivity contribution in [3.8, 4) is 0 Å². The number of aromatic amines is 1. The summed E-state index contributed by atoms with van der Waals surface area (Å²) in [6, 6.07) is 0. The molecule has 0 unspecified atom stereocenters. The second-order valence-corrected chi connectivity index (χ2v) is 5.92. The van der Waals surface area contributed by atoms with Gasteiger partial charge in [0.15, 0.2) is 6.23 Å². The third kappa shape index (κ3) is 5.07. The first-order valence-electron chi connectivity index (χ1n) is 8.54. The van der Waals surface area contributed by atoms with E-state index in [9.17, 15) is 9.59 Å². The number of hydrogen-bond acceptors (Lipinski definition) is 5. The smallest absolute Gasteiger partial charge is 0.331 e. The highest BCUT2D eigenvalue weighted by molar-refractivity contribution is 5.06. The monoisotopic (exact) mass is 338 g/mol. The van der Waals surface area contributed by atoms with Crippen LogP contribution in [0.5, 0.6) is 0 Å². The highest BCUT2D eigenvalue weighted by atomic mass is 16.5. The average Bonchev–Trinajstić information content (AvgIpc) is 3.04. The van der Waals surface area contributed by atoms with E-state index >= 15 is 0 Å². The van der Waals surface area contributed by atoms with E-state index in [4.69, 9.17) is 14.6 Å². The van der Waals surface area contributed by atoms with Gasteiger partial charge in [-0.25, -0.2) is 4.79 Å². The summed E-state index contributed by atoms with van der Waals surface area (Å²) in [5.41, 5.74) is -0.569. The molecule has 1 aromatic rings. The van der Waals surface area contributed by atoms with Crippen molar-refractivity contribution >= 4 is 0 Å². The largest absolute Gasteiger partial charge is 0.472 e. The maximum absolute atomic E-state index is 12.0. The molecule has 2 heterocycles. The molecule has 2 rings (SSSR count). The molecule has 24 heavy (non-hydrogen) atoms. The normalized spacial score (nSPS) is 16.9. The summed E-state index contributed by atoms with van der Waals surface area (Å²) < 4.78 is 12.3. The molecule has 0 aromatic carbocycles. The fourth-order valence-corrected chi connectivity index (χ4v) is 2.61. The summed E-state index contributed by atoms with van der Waals surface area (Å²) in [6.45, 7) is 2.72. The number of aromatic nitrogens is 2. The van der Waals surface area contributed by atoms with Crippen molar-refractivity contribution in [3.05, 3.63) is 44.4 Å². The first-order valence-corrected chi connectivity index (χ1v) is 8.54. The standard InChI is InChI=1S/C17H26N2O5/c1-2-3-4-5-6-9-23-12-13-10-19(17(22)18-16(13)21)15-8-7-14(11-20)24-15/h7,10,15,20H,2-6,8-9,11-12H2,1H3,(H,18,21,22)/t15-/m1/s1. The van der Waals surface area contributed by atoms with Gasteiger partial charge in [0.2, 0.25) is 0 Å². The van der Waals surface area contributed by atoms with Gasteiger partial charge in [0, 0.05) is 19.2 Å². The van der Waals surface area contributed by atoms with E-state index in [1.54, 1.807) is 6.08 Å². The molecule has 0 amide bonds. The van der Waals surface area contributed by atoms with Crippen LogP contribution < -0.4 is 11.2 Å². The Hall–Kier alpha value is -1.86. The highest BCUT2D eigenvalue weighted by Crippen LogP contribution is 2.24. The van der Waals surface area contributed by atoms with E-state index in [1.165, 1.54) is 30.0 Å². The lowest BCUT2D eigenvalue weighted by Crippen LogP contribution is -2.34. The van der Waals surface area contributed by atoms with Crippen LogP contribution in [0.25, 0.3) is 0 Å². The van der Waals surface area contributed by atoms with E-state index in [1.807, 2.05) is 0 Å². The Bertz CT molecular complexity index is 662. The fraction of sp³-hybridized carbons (Fsp3) is 0.647. The number of ether oxygens (including phenoxy) is 2. The molecule has 0 aliphatic carbocycles. The number of aliphatic hydroxyl groups excluding tert-OH is 1. The lowest BCUT2D eigenvalue weighted by molar-refractivity contribution is 0.0578. The van der Waals surface area contributed by atoms with Crippen molar-refractivity contribution in [2.24, 2.45) is 0 Å². The van der Waals surface area contributed by atoms with Crippen LogP contribution in [0.1, 0.15) is 57.2 Å². The van der Waals surface area contributed by atoms with Crippen LogP contribution in [-0.4, -0.2) is 27.9 Å². The van der Waals surface area contributed by atoms with Gasteiger partial charge in [0.25, 0.3) is 5.56 Å². The summed E-state index contributed by atoms with van der Waals surface area (Å²) in [7, 11) is 0. The third-order valence-electron chi connectivity index (χ3n) is 3.99. The minimum absolute atomic E-state index is 0.163. The molecule has 1 aliphatic heterocycles. The number of unbranched alkanes of at least 4 members (excludes halogenated alkanes) is 4. The van der Waals surface area contributed by atoms with Crippen LogP contribution in [0.2, 0.25) is 0 Å². The zero-order valence-corrected chi connectivity index (χ0v) is 14.1. The van der Waals surface area contributed by atoms with Crippen molar-refractivity contribution in [1.29, 1.82) is 0 Å². The number of nitrogens with one attached hydrogen (secondary N) is 1. The van der Waals surface area contributed by atoms with Crippen molar-refractivity contribution in [1.82, 2.24) is 9.55 Å². The summed E-state index contributed by atoms with van der Waals surface area (Å²) in [6.07, 6.45) is 8.87. The van der Waals surface area contributed by atoms with Crippen molar-refractivity contribution < 1.29 is 14.6 Å². The average molecular weight is 338 g/mol. The Morgan fingerprint density at radius 1 is 1.33 bits per heavy atom. The zero-order chi connectivity index (χ0) is 17.4. The predicted octanol–water partition coefficient (Wildman–Crippen LogP) is 1.82. The molecule has 7 nitrogen and oxygen atoms in total. The molecule has 0 fully saturated rings. The second kappa shape index (κ2) is 9.44. The van der Waals surface area contributed by atoms with Crippen molar-refractivity contribution in [2.45, 2.75) is 58.3 Å². The van der Waals surface area contributed by atoms with E-state index < -0.39 is 17.5 Å². The van der Waals surface area contributed by atoms with Crippen molar-refractivity contribution in [3.63, 3.8) is 0 Å². The predicted molar refractivity (Wildman–Crippen MR) is 89.6 cm³/mol. The Morgan fingerprint density at radius 2 is 2.12 bits per heavy atom. The maximum Gasteiger partial charge on any atom is 0.331 e. The molecule has 0 radical (unpaired) electrons. The number of rotatable bonds is 10. The van der Waals surface area contributed by atoms with Gasteiger partial charge in [-0.15, -0.1) is 0 Å². The van der Waals surface area contributed by atoms with Crippen molar-refractivity contribution in [2.75, 3.05) is 13.2 Å². The maximum atomic E-state index is 12.0. The molecule has 134 valence electrons. The lowest BCUT2D eigenvalue weighted by Gasteiger charge is -2.16. The number of hydrogen-bond donors (Lipinski definition) is 2. The quantitative estimate of drug-likeness (QED) is 0.635. The van der Waals surface area contributed by atoms with E-state index in [-0.39, 0.29) is 13.2 Å². The van der Waals surface area contributed by atoms with Crippen LogP contribution >= 0.6 is 0 Å². The zero-order valence-electron chi connectivity index (χ0n) is 14.1. The van der Waals surface area contributed by atoms with Gasteiger partial charge < -0.3 is 14.6 Å². The second-order valence-electron chi connectivity index (χ2n) is 5.92. The molecule has 0 saturated carbocycles. The number of aliphatic hydroxyl groups is 1. The summed E-state index contributed by atoms with van der Waals surface area (Å²) in [5.74, 6) is 0.433. The van der Waals surface area contributed by atoms with Gasteiger partial charge in [0.05, 0.1) is 12.2 Å². The molecular formula is C17H26N2O5. The van der Waals surface area contributed by atoms with Crippen LogP contribution in [0.15, 0.2) is 27.6 Å². The van der Waals surface area contributed by atoms with E-state index in [2.05, 4.69) is 11.9 Å². The van der Waals surface area contributed by atoms with Gasteiger partial charge in [0.1, 0.15) is 12.4 Å². The van der Waals surface area contributed by atoms with Gasteiger partial charge in [-0.1, -0.05) is 32.6 Å². The van der Waals surface area contributed by atoms with E-state index in [0.717, 1.165) is 12.8 Å². The third-order valence-corrected chi connectivity index (χ3v) is 3.99. The van der Waals surface area contributed by atoms with Crippen LogP contribution in [0.3, 0.4) is 0 Å². The van der Waals surface area contributed by atoms with Crippen LogP contribution in [-0.2, 0) is 16.1 Å². The minimum atomic E-state index is -0.538. The summed E-state index contributed by atoms with van der Waals surface area (Å²) in [5, 5.41) is 9.06. The first kappa shape index (κ1) is 18.5. The molecule has 0 bridgehead atoms. The fourth-order valence-electron chi connectivity index (χ4n) is 2.61. The highest BCUT2D eigenvalue weighted by Gasteiger charge is 2.21. The Morgan fingerprint density at radius 3 is 2.83 bits per heavy atom. The van der Waals surface area contributed by atoms with Gasteiger partial charge >= 0.3 is 5.69 Å². The summed E-state index contributed by atoms with van der Waals surface area (Å²) >= 11 is 0. The molecule has 7 heteroatoms. The van der Waals surface area contributed by atoms with Gasteiger partial charge in [-0.2, -0.15) is 0 Å². The number of nitrogens with zero attached hydrogens (tertiary/aromatic N) is 1. The van der Waals surface area contributed by atoms with E-state index in [0.29, 0.717) is 24.4 Å². The SMILES string of the molecule is CCCCCCCOCc1cn([C@H]2CC=C(CO)O2)c(=O)[nH]c1=O. The van der Waals surface area contributed by atoms with Gasteiger partial charge in [-0.05, 0) is 12.5 Å². The Labute approximate surface area is 140 Å².